The topological polar surface area (TPSA) is 75.8 Å². The van der Waals surface area contributed by atoms with E-state index in [-0.39, 0.29) is 6.61 Å². The summed E-state index contributed by atoms with van der Waals surface area (Å²) in [5.74, 6) is 0.854. The smallest absolute Gasteiger partial charge is 0.248 e. The molecule has 1 aromatic carbocycles. The van der Waals surface area contributed by atoms with E-state index in [1.54, 1.807) is 24.3 Å². The zero-order valence-electron chi connectivity index (χ0n) is 12.5. The number of hydrogen-bond acceptors (Lipinski definition) is 4. The fraction of sp³-hybridized carbons (Fsp3) is 0.562. The van der Waals surface area contributed by atoms with Crippen molar-refractivity contribution in [1.29, 1.82) is 0 Å². The maximum absolute atomic E-state index is 11.1. The number of benzene rings is 1. The summed E-state index contributed by atoms with van der Waals surface area (Å²) >= 11 is 0. The molecule has 5 nitrogen and oxygen atoms in total. The molecule has 1 atom stereocenters. The van der Waals surface area contributed by atoms with Gasteiger partial charge in [-0.25, -0.2) is 0 Å². The van der Waals surface area contributed by atoms with Crippen molar-refractivity contribution in [2.75, 3.05) is 26.2 Å². The SMILES string of the molecule is CC1CCN(C[C@@H](O)COc2cccc(C(N)=O)c2)CC1. The second-order valence-corrected chi connectivity index (χ2v) is 5.84. The highest BCUT2D eigenvalue weighted by Crippen LogP contribution is 2.17. The Bertz CT molecular complexity index is 470. The van der Waals surface area contributed by atoms with Gasteiger partial charge in [0.05, 0.1) is 0 Å². The van der Waals surface area contributed by atoms with Crippen LogP contribution in [0.25, 0.3) is 0 Å². The largest absolute Gasteiger partial charge is 0.491 e. The highest BCUT2D eigenvalue weighted by atomic mass is 16.5. The number of aliphatic hydroxyl groups excluding tert-OH is 1. The van der Waals surface area contributed by atoms with Gasteiger partial charge >= 0.3 is 0 Å². The quantitative estimate of drug-likeness (QED) is 0.827. The van der Waals surface area contributed by atoms with Crippen molar-refractivity contribution >= 4 is 5.91 Å². The van der Waals surface area contributed by atoms with E-state index in [9.17, 15) is 9.90 Å². The third-order valence-corrected chi connectivity index (χ3v) is 3.91. The molecule has 1 aliphatic rings. The van der Waals surface area contributed by atoms with E-state index in [1.165, 1.54) is 12.8 Å². The van der Waals surface area contributed by atoms with E-state index in [0.717, 1.165) is 19.0 Å². The highest BCUT2D eigenvalue weighted by molar-refractivity contribution is 5.93. The van der Waals surface area contributed by atoms with Crippen molar-refractivity contribution in [3.63, 3.8) is 0 Å². The molecule has 1 saturated heterocycles. The molecule has 1 aliphatic heterocycles. The van der Waals surface area contributed by atoms with E-state index in [1.807, 2.05) is 0 Å². The van der Waals surface area contributed by atoms with Crippen LogP contribution in [0.1, 0.15) is 30.1 Å². The molecule has 1 fully saturated rings. The normalized spacial score (nSPS) is 18.4. The molecule has 21 heavy (non-hydrogen) atoms. The highest BCUT2D eigenvalue weighted by Gasteiger charge is 2.18. The number of piperidine rings is 1. The lowest BCUT2D eigenvalue weighted by Gasteiger charge is -2.31. The maximum atomic E-state index is 11.1. The molecule has 2 rings (SSSR count). The van der Waals surface area contributed by atoms with Crippen molar-refractivity contribution in [3.05, 3.63) is 29.8 Å². The summed E-state index contributed by atoms with van der Waals surface area (Å²) in [6, 6.07) is 6.70. The predicted octanol–water partition coefficient (Wildman–Crippen LogP) is 1.26. The van der Waals surface area contributed by atoms with Crippen LogP contribution in [0.2, 0.25) is 0 Å². The van der Waals surface area contributed by atoms with E-state index in [0.29, 0.717) is 17.9 Å². The van der Waals surface area contributed by atoms with Crippen LogP contribution in [-0.2, 0) is 0 Å². The zero-order valence-corrected chi connectivity index (χ0v) is 12.5. The number of aliphatic hydroxyl groups is 1. The second-order valence-electron chi connectivity index (χ2n) is 5.84. The third-order valence-electron chi connectivity index (χ3n) is 3.91. The lowest BCUT2D eigenvalue weighted by atomic mass is 9.99. The standard InChI is InChI=1S/C16H24N2O3/c1-12-5-7-18(8-6-12)10-14(19)11-21-15-4-2-3-13(9-15)16(17)20/h2-4,9,12,14,19H,5-8,10-11H2,1H3,(H2,17,20)/t14-/m1/s1. The lowest BCUT2D eigenvalue weighted by Crippen LogP contribution is -2.40. The van der Waals surface area contributed by atoms with E-state index >= 15 is 0 Å². The number of ether oxygens (including phenoxy) is 1. The second kappa shape index (κ2) is 7.43. The molecule has 0 radical (unpaired) electrons. The van der Waals surface area contributed by atoms with Crippen LogP contribution in [0.5, 0.6) is 5.75 Å². The van der Waals surface area contributed by atoms with Gasteiger partial charge in [0.25, 0.3) is 0 Å². The Labute approximate surface area is 125 Å². The first kappa shape index (κ1) is 15.8. The van der Waals surface area contributed by atoms with E-state index < -0.39 is 12.0 Å². The Morgan fingerprint density at radius 2 is 2.19 bits per heavy atom. The van der Waals surface area contributed by atoms with Crippen LogP contribution in [-0.4, -0.2) is 48.3 Å². The first-order valence-electron chi connectivity index (χ1n) is 7.47. The summed E-state index contributed by atoms with van der Waals surface area (Å²) in [5, 5.41) is 10.0. The number of nitrogens with two attached hydrogens (primary N) is 1. The van der Waals surface area contributed by atoms with Crippen LogP contribution in [0.4, 0.5) is 0 Å². The minimum atomic E-state index is -0.532. The number of rotatable bonds is 6. The van der Waals surface area contributed by atoms with Gasteiger partial charge in [-0.05, 0) is 50.0 Å². The van der Waals surface area contributed by atoms with Crippen molar-refractivity contribution in [3.8, 4) is 5.75 Å². The summed E-state index contributed by atoms with van der Waals surface area (Å²) in [6.07, 6.45) is 1.85. The number of nitrogens with zero attached hydrogens (tertiary/aromatic N) is 1. The molecule has 5 heteroatoms. The Balaban J connectivity index is 1.77. The molecule has 1 aromatic rings. The summed E-state index contributed by atoms with van der Waals surface area (Å²) in [5.41, 5.74) is 5.63. The van der Waals surface area contributed by atoms with Crippen molar-refractivity contribution in [1.82, 2.24) is 4.90 Å². The van der Waals surface area contributed by atoms with Gasteiger partial charge < -0.3 is 20.5 Å². The molecule has 0 unspecified atom stereocenters. The van der Waals surface area contributed by atoms with Crippen molar-refractivity contribution in [2.24, 2.45) is 11.7 Å². The number of likely N-dealkylation sites (tertiary alicyclic amines) is 1. The van der Waals surface area contributed by atoms with Crippen molar-refractivity contribution in [2.45, 2.75) is 25.9 Å². The zero-order chi connectivity index (χ0) is 15.2. The van der Waals surface area contributed by atoms with Gasteiger partial charge in [-0.3, -0.25) is 4.79 Å². The number of hydrogen-bond donors (Lipinski definition) is 2. The van der Waals surface area contributed by atoms with Gasteiger partial charge in [0.2, 0.25) is 5.91 Å². The number of amides is 1. The predicted molar refractivity (Wildman–Crippen MR) is 81.3 cm³/mol. The molecule has 116 valence electrons. The van der Waals surface area contributed by atoms with Gasteiger partial charge in [0, 0.05) is 12.1 Å². The lowest BCUT2D eigenvalue weighted by molar-refractivity contribution is 0.0563. The van der Waals surface area contributed by atoms with Crippen LogP contribution < -0.4 is 10.5 Å². The molecule has 0 aliphatic carbocycles. The first-order valence-corrected chi connectivity index (χ1v) is 7.47. The molecule has 0 spiro atoms. The summed E-state index contributed by atoms with van der Waals surface area (Å²) in [7, 11) is 0. The average molecular weight is 292 g/mol. The van der Waals surface area contributed by atoms with Crippen LogP contribution in [0, 0.1) is 5.92 Å². The minimum Gasteiger partial charge on any atom is -0.491 e. The monoisotopic (exact) mass is 292 g/mol. The molecule has 1 amide bonds. The van der Waals surface area contributed by atoms with Crippen LogP contribution in [0.15, 0.2) is 24.3 Å². The Morgan fingerprint density at radius 3 is 2.86 bits per heavy atom. The van der Waals surface area contributed by atoms with Gasteiger partial charge in [-0.1, -0.05) is 13.0 Å². The van der Waals surface area contributed by atoms with Crippen molar-refractivity contribution < 1.29 is 14.6 Å². The molecule has 3 N–H and O–H groups in total. The number of carbonyl (C=O) groups excluding carboxylic acids is 1. The van der Waals surface area contributed by atoms with Gasteiger partial charge in [0.15, 0.2) is 0 Å². The first-order chi connectivity index (χ1) is 10.0. The maximum Gasteiger partial charge on any atom is 0.248 e. The van der Waals surface area contributed by atoms with Crippen LogP contribution in [0.3, 0.4) is 0 Å². The molecular formula is C16H24N2O3. The molecule has 0 saturated carbocycles. The van der Waals surface area contributed by atoms with Gasteiger partial charge in [-0.2, -0.15) is 0 Å². The van der Waals surface area contributed by atoms with E-state index in [4.69, 9.17) is 10.5 Å². The Kier molecular flexibility index (Phi) is 5.59. The minimum absolute atomic E-state index is 0.217. The summed E-state index contributed by atoms with van der Waals surface area (Å²) in [4.78, 5) is 13.4. The Hall–Kier alpha value is -1.59. The fourth-order valence-electron chi connectivity index (χ4n) is 2.53. The van der Waals surface area contributed by atoms with Gasteiger partial charge in [0.1, 0.15) is 18.5 Å². The summed E-state index contributed by atoms with van der Waals surface area (Å²) in [6.45, 7) is 5.18. The molecular weight excluding hydrogens is 268 g/mol. The number of β-amino-alcohol motifs (C(OH)–C–C–N with tert-alkyl or cyclic N) is 1. The Morgan fingerprint density at radius 1 is 1.48 bits per heavy atom. The molecule has 0 aromatic heterocycles. The molecule has 1 heterocycles. The fourth-order valence-corrected chi connectivity index (χ4v) is 2.53. The summed E-state index contributed by atoms with van der Waals surface area (Å²) < 4.78 is 5.54. The molecule has 0 bridgehead atoms. The number of primary amides is 1. The average Bonchev–Trinajstić information content (AvgIpc) is 2.48. The van der Waals surface area contributed by atoms with Gasteiger partial charge in [-0.15, -0.1) is 0 Å². The number of carbonyl (C=O) groups is 1. The third kappa shape index (κ3) is 5.02. The van der Waals surface area contributed by atoms with Crippen LogP contribution >= 0.6 is 0 Å². The van der Waals surface area contributed by atoms with E-state index in [2.05, 4.69) is 11.8 Å².